The predicted molar refractivity (Wildman–Crippen MR) is 101 cm³/mol. The predicted octanol–water partition coefficient (Wildman–Crippen LogP) is 4.64. The molecule has 2 aromatic carbocycles. The van der Waals surface area contributed by atoms with Gasteiger partial charge in [0.15, 0.2) is 5.78 Å². The van der Waals surface area contributed by atoms with E-state index < -0.39 is 0 Å². The molecule has 120 valence electrons. The van der Waals surface area contributed by atoms with Gasteiger partial charge < -0.3 is 5.32 Å². The van der Waals surface area contributed by atoms with E-state index in [0.717, 1.165) is 23.6 Å². The van der Waals surface area contributed by atoms with Crippen molar-refractivity contribution >= 4 is 23.2 Å². The molecule has 0 saturated heterocycles. The van der Waals surface area contributed by atoms with Gasteiger partial charge in [0.05, 0.1) is 0 Å². The van der Waals surface area contributed by atoms with Crippen LogP contribution in [0, 0.1) is 0 Å². The van der Waals surface area contributed by atoms with Gasteiger partial charge in [-0.2, -0.15) is 11.8 Å². The van der Waals surface area contributed by atoms with E-state index in [1.54, 1.807) is 6.08 Å². The highest BCUT2D eigenvalue weighted by molar-refractivity contribution is 7.99. The van der Waals surface area contributed by atoms with Crippen LogP contribution in [0.5, 0.6) is 0 Å². The average molecular weight is 325 g/mol. The van der Waals surface area contributed by atoms with Gasteiger partial charge in [-0.3, -0.25) is 4.79 Å². The van der Waals surface area contributed by atoms with E-state index in [1.807, 2.05) is 72.4 Å². The van der Waals surface area contributed by atoms with Crippen molar-refractivity contribution in [2.75, 3.05) is 18.1 Å². The summed E-state index contributed by atoms with van der Waals surface area (Å²) in [5, 5.41) is 3.42. The summed E-state index contributed by atoms with van der Waals surface area (Å²) in [6, 6.07) is 19.4. The van der Waals surface area contributed by atoms with Gasteiger partial charge in [-0.25, -0.2) is 0 Å². The fraction of sp³-hybridized carbons (Fsp3) is 0.250. The van der Waals surface area contributed by atoms with E-state index in [4.69, 9.17) is 0 Å². The van der Waals surface area contributed by atoms with Crippen molar-refractivity contribution in [3.05, 3.63) is 77.9 Å². The van der Waals surface area contributed by atoms with Crippen LogP contribution in [0.15, 0.2) is 66.7 Å². The molecule has 0 heterocycles. The normalized spacial score (nSPS) is 11.3. The second-order valence-corrected chi connectivity index (χ2v) is 6.42. The molecule has 0 bridgehead atoms. The molecule has 3 heteroatoms. The number of nitrogens with one attached hydrogen (secondary N) is 1. The van der Waals surface area contributed by atoms with Crippen molar-refractivity contribution in [1.82, 2.24) is 5.32 Å². The zero-order chi connectivity index (χ0) is 16.3. The molecule has 0 radical (unpaired) electrons. The zero-order valence-corrected chi connectivity index (χ0v) is 14.3. The molecule has 2 aromatic rings. The SMILES string of the molecule is CCCSCCN/C(=C/C(=O)c1ccccc1)c1ccccc1. The first-order valence-corrected chi connectivity index (χ1v) is 9.15. The fourth-order valence-electron chi connectivity index (χ4n) is 2.18. The van der Waals surface area contributed by atoms with Crippen LogP contribution in [0.3, 0.4) is 0 Å². The molecule has 0 aliphatic heterocycles. The Labute approximate surface area is 143 Å². The molecule has 2 rings (SSSR count). The molecule has 1 N–H and O–H groups in total. The Morgan fingerprint density at radius 3 is 2.17 bits per heavy atom. The number of carbonyl (C=O) groups is 1. The van der Waals surface area contributed by atoms with E-state index in [9.17, 15) is 4.79 Å². The van der Waals surface area contributed by atoms with Crippen LogP contribution >= 0.6 is 11.8 Å². The van der Waals surface area contributed by atoms with Crippen LogP contribution < -0.4 is 5.32 Å². The summed E-state index contributed by atoms with van der Waals surface area (Å²) in [6.45, 7) is 3.04. The summed E-state index contributed by atoms with van der Waals surface area (Å²) in [5.41, 5.74) is 2.64. The van der Waals surface area contributed by atoms with Crippen molar-refractivity contribution in [3.63, 3.8) is 0 Å². The minimum Gasteiger partial charge on any atom is -0.384 e. The zero-order valence-electron chi connectivity index (χ0n) is 13.5. The Kier molecular flexibility index (Phi) is 7.47. The Bertz CT molecular complexity index is 623. The lowest BCUT2D eigenvalue weighted by Gasteiger charge is -2.11. The van der Waals surface area contributed by atoms with Gasteiger partial charge in [-0.1, -0.05) is 67.6 Å². The van der Waals surface area contributed by atoms with E-state index in [0.29, 0.717) is 5.56 Å². The molecular formula is C20H23NOS. The quantitative estimate of drug-likeness (QED) is 0.413. The fourth-order valence-corrected chi connectivity index (χ4v) is 2.91. The number of hydrogen-bond acceptors (Lipinski definition) is 3. The Morgan fingerprint density at radius 2 is 1.57 bits per heavy atom. The van der Waals surface area contributed by atoms with E-state index in [2.05, 4.69) is 12.2 Å². The summed E-state index contributed by atoms with van der Waals surface area (Å²) in [5.74, 6) is 2.24. The summed E-state index contributed by atoms with van der Waals surface area (Å²) in [4.78, 5) is 12.4. The van der Waals surface area contributed by atoms with Gasteiger partial charge in [0.1, 0.15) is 0 Å². The minimum absolute atomic E-state index is 0.0261. The second kappa shape index (κ2) is 9.90. The van der Waals surface area contributed by atoms with Crippen molar-refractivity contribution < 1.29 is 4.79 Å². The molecule has 2 nitrogen and oxygen atoms in total. The van der Waals surface area contributed by atoms with Crippen LogP contribution in [0.1, 0.15) is 29.3 Å². The van der Waals surface area contributed by atoms with Crippen molar-refractivity contribution in [2.24, 2.45) is 0 Å². The Morgan fingerprint density at radius 1 is 0.957 bits per heavy atom. The van der Waals surface area contributed by atoms with Gasteiger partial charge in [-0.15, -0.1) is 0 Å². The average Bonchev–Trinajstić information content (AvgIpc) is 2.62. The van der Waals surface area contributed by atoms with Gasteiger partial charge in [0.25, 0.3) is 0 Å². The van der Waals surface area contributed by atoms with Crippen LogP contribution in [0.4, 0.5) is 0 Å². The molecule has 0 amide bonds. The first-order valence-electron chi connectivity index (χ1n) is 7.99. The van der Waals surface area contributed by atoms with Crippen LogP contribution in [0.2, 0.25) is 0 Å². The van der Waals surface area contributed by atoms with E-state index >= 15 is 0 Å². The third kappa shape index (κ3) is 5.95. The van der Waals surface area contributed by atoms with Gasteiger partial charge in [0, 0.05) is 29.6 Å². The largest absolute Gasteiger partial charge is 0.384 e. The number of carbonyl (C=O) groups excluding carboxylic acids is 1. The van der Waals surface area contributed by atoms with Crippen molar-refractivity contribution in [2.45, 2.75) is 13.3 Å². The topological polar surface area (TPSA) is 29.1 Å². The number of thioether (sulfide) groups is 1. The summed E-state index contributed by atoms with van der Waals surface area (Å²) < 4.78 is 0. The van der Waals surface area contributed by atoms with Gasteiger partial charge in [-0.05, 0) is 17.7 Å². The molecule has 0 fully saturated rings. The Balaban J connectivity index is 2.10. The second-order valence-electron chi connectivity index (χ2n) is 5.19. The molecule has 0 aliphatic rings. The molecular weight excluding hydrogens is 302 g/mol. The van der Waals surface area contributed by atoms with Crippen molar-refractivity contribution in [3.8, 4) is 0 Å². The highest BCUT2D eigenvalue weighted by atomic mass is 32.2. The molecule has 23 heavy (non-hydrogen) atoms. The maximum Gasteiger partial charge on any atom is 0.187 e. The number of hydrogen-bond donors (Lipinski definition) is 1. The molecule has 0 unspecified atom stereocenters. The summed E-state index contributed by atoms with van der Waals surface area (Å²) in [6.07, 6.45) is 2.90. The lowest BCUT2D eigenvalue weighted by atomic mass is 10.1. The standard InChI is InChI=1S/C20H23NOS/c1-2-14-23-15-13-21-19(17-9-5-3-6-10-17)16-20(22)18-11-7-4-8-12-18/h3-12,16,21H,2,13-15H2,1H3/b19-16+. The highest BCUT2D eigenvalue weighted by Gasteiger charge is 2.06. The molecule has 0 spiro atoms. The lowest BCUT2D eigenvalue weighted by molar-refractivity contribution is 0.104. The Hall–Kier alpha value is -2.00. The molecule has 0 aromatic heterocycles. The van der Waals surface area contributed by atoms with Gasteiger partial charge >= 0.3 is 0 Å². The van der Waals surface area contributed by atoms with Crippen molar-refractivity contribution in [1.29, 1.82) is 0 Å². The van der Waals surface area contributed by atoms with Crippen LogP contribution in [-0.2, 0) is 0 Å². The number of rotatable bonds is 9. The van der Waals surface area contributed by atoms with Crippen LogP contribution in [-0.4, -0.2) is 23.8 Å². The third-order valence-corrected chi connectivity index (χ3v) is 4.52. The van der Waals surface area contributed by atoms with E-state index in [1.165, 1.54) is 12.2 Å². The summed E-state index contributed by atoms with van der Waals surface area (Å²) >= 11 is 1.93. The molecule has 0 atom stereocenters. The van der Waals surface area contributed by atoms with E-state index in [-0.39, 0.29) is 5.78 Å². The minimum atomic E-state index is 0.0261. The number of ketones is 1. The first-order chi connectivity index (χ1) is 11.3. The first kappa shape index (κ1) is 17.4. The highest BCUT2D eigenvalue weighted by Crippen LogP contribution is 2.13. The van der Waals surface area contributed by atoms with Gasteiger partial charge in [0.2, 0.25) is 0 Å². The maximum atomic E-state index is 12.4. The maximum absolute atomic E-state index is 12.4. The smallest absolute Gasteiger partial charge is 0.187 e. The third-order valence-electron chi connectivity index (χ3n) is 3.33. The monoisotopic (exact) mass is 325 g/mol. The number of benzene rings is 2. The summed E-state index contributed by atoms with van der Waals surface area (Å²) in [7, 11) is 0. The number of allylic oxidation sites excluding steroid dienone is 1. The molecule has 0 aliphatic carbocycles. The van der Waals surface area contributed by atoms with Crippen LogP contribution in [0.25, 0.3) is 5.70 Å². The lowest BCUT2D eigenvalue weighted by Crippen LogP contribution is -2.17. The molecule has 0 saturated carbocycles.